The molecule has 0 bridgehead atoms. The highest BCUT2D eigenvalue weighted by molar-refractivity contribution is 6.15. The lowest BCUT2D eigenvalue weighted by atomic mass is 10.00. The van der Waals surface area contributed by atoms with E-state index in [4.69, 9.17) is 9.41 Å². The number of rotatable bonds is 8. The second-order valence-electron chi connectivity index (χ2n) is 8.46. The van der Waals surface area contributed by atoms with E-state index in [2.05, 4.69) is 63.6 Å². The number of hydrogen-bond acceptors (Lipinski definition) is 2. The second kappa shape index (κ2) is 10.2. The molecule has 0 atom stereocenters. The Labute approximate surface area is 207 Å². The minimum atomic E-state index is 0.656. The van der Waals surface area contributed by atoms with Crippen LogP contribution in [0.1, 0.15) is 40.5 Å². The molecular weight excluding hydrogens is 426 g/mol. The van der Waals surface area contributed by atoms with Gasteiger partial charge in [0.15, 0.2) is 5.76 Å². The monoisotopic (exact) mass is 455 g/mol. The van der Waals surface area contributed by atoms with E-state index in [1.165, 1.54) is 0 Å². The number of nitrogens with zero attached hydrogens (tertiary/aromatic N) is 1. The van der Waals surface area contributed by atoms with E-state index in [1.54, 1.807) is 6.08 Å². The van der Waals surface area contributed by atoms with Crippen LogP contribution in [0.15, 0.2) is 127 Å². The molecule has 0 aliphatic carbocycles. The topological polar surface area (TPSA) is 25.5 Å². The summed E-state index contributed by atoms with van der Waals surface area (Å²) < 4.78 is 6.30. The van der Waals surface area contributed by atoms with Crippen LogP contribution in [-0.4, -0.2) is 5.71 Å². The molecular formula is C33H29NO. The number of furan rings is 1. The van der Waals surface area contributed by atoms with Crippen molar-refractivity contribution in [2.45, 2.75) is 13.8 Å². The van der Waals surface area contributed by atoms with Crippen molar-refractivity contribution in [3.05, 3.63) is 151 Å². The zero-order valence-electron chi connectivity index (χ0n) is 20.3. The zero-order chi connectivity index (χ0) is 24.9. The maximum Gasteiger partial charge on any atom is 0.157 e. The lowest BCUT2D eigenvalue weighted by Crippen LogP contribution is -2.04. The van der Waals surface area contributed by atoms with E-state index in [9.17, 15) is 0 Å². The van der Waals surface area contributed by atoms with Crippen molar-refractivity contribution in [3.63, 3.8) is 0 Å². The number of hydrogen-bond donors (Lipinski definition) is 0. The van der Waals surface area contributed by atoms with E-state index >= 15 is 0 Å². The lowest BCUT2D eigenvalue weighted by Gasteiger charge is -2.10. The zero-order valence-corrected chi connectivity index (χ0v) is 20.3. The van der Waals surface area contributed by atoms with Crippen molar-refractivity contribution in [1.82, 2.24) is 0 Å². The summed E-state index contributed by atoms with van der Waals surface area (Å²) in [5, 5.41) is 1.08. The van der Waals surface area contributed by atoms with Gasteiger partial charge in [-0.05, 0) is 42.2 Å². The predicted octanol–water partition coefficient (Wildman–Crippen LogP) is 9.04. The molecule has 0 radical (unpaired) electrons. The molecule has 2 nitrogen and oxygen atoms in total. The summed E-state index contributed by atoms with van der Waals surface area (Å²) in [6, 6.07) is 24.4. The van der Waals surface area contributed by atoms with Crippen LogP contribution >= 0.6 is 0 Å². The van der Waals surface area contributed by atoms with E-state index in [1.807, 2.05) is 61.5 Å². The Bertz CT molecular complexity index is 1490. The molecule has 3 aromatic carbocycles. The third-order valence-electron chi connectivity index (χ3n) is 6.03. The average molecular weight is 456 g/mol. The van der Waals surface area contributed by atoms with Gasteiger partial charge in [-0.15, -0.1) is 0 Å². The maximum absolute atomic E-state index is 6.30. The molecule has 172 valence electrons. The first kappa shape index (κ1) is 23.7. The number of para-hydroxylation sites is 1. The van der Waals surface area contributed by atoms with Crippen molar-refractivity contribution in [3.8, 4) is 0 Å². The Morgan fingerprint density at radius 2 is 1.40 bits per heavy atom. The minimum absolute atomic E-state index is 0.656. The van der Waals surface area contributed by atoms with Gasteiger partial charge in [0.05, 0.1) is 5.70 Å². The van der Waals surface area contributed by atoms with E-state index in [-0.39, 0.29) is 0 Å². The first-order chi connectivity index (χ1) is 16.9. The van der Waals surface area contributed by atoms with E-state index < -0.39 is 0 Å². The summed E-state index contributed by atoms with van der Waals surface area (Å²) in [6.45, 7) is 20.1. The van der Waals surface area contributed by atoms with Crippen LogP contribution in [0, 0.1) is 6.92 Å². The number of fused-ring (bicyclic) bond motifs is 1. The predicted molar refractivity (Wildman–Crippen MR) is 152 cm³/mol. The third-order valence-corrected chi connectivity index (χ3v) is 6.03. The summed E-state index contributed by atoms with van der Waals surface area (Å²) in [5.41, 5.74) is 9.36. The highest BCUT2D eigenvalue weighted by Crippen LogP contribution is 2.29. The Morgan fingerprint density at radius 3 is 2.00 bits per heavy atom. The fourth-order valence-electron chi connectivity index (χ4n) is 4.02. The molecule has 0 aliphatic rings. The molecule has 0 aliphatic heterocycles. The summed E-state index contributed by atoms with van der Waals surface area (Å²) in [7, 11) is 0. The molecule has 0 fully saturated rings. The van der Waals surface area contributed by atoms with Gasteiger partial charge in [0.2, 0.25) is 0 Å². The van der Waals surface area contributed by atoms with Crippen molar-refractivity contribution in [2.24, 2.45) is 4.99 Å². The molecule has 0 saturated heterocycles. The SMILES string of the molecule is C=C/C=C(\C=C)c1ccc(C(=C)N=C(c2ccc(C(=C)C)cc2)c2oc3ccccc3c2C)cc1. The average Bonchev–Trinajstić information content (AvgIpc) is 3.22. The van der Waals surface area contributed by atoms with Gasteiger partial charge in [-0.25, -0.2) is 4.99 Å². The van der Waals surface area contributed by atoms with Gasteiger partial charge in [-0.3, -0.25) is 0 Å². The summed E-state index contributed by atoms with van der Waals surface area (Å²) in [5.74, 6) is 0.745. The molecule has 2 heteroatoms. The van der Waals surface area contributed by atoms with E-state index in [0.717, 1.165) is 61.4 Å². The minimum Gasteiger partial charge on any atom is -0.454 e. The van der Waals surface area contributed by atoms with Crippen LogP contribution in [0.25, 0.3) is 27.8 Å². The van der Waals surface area contributed by atoms with Gasteiger partial charge in [0.1, 0.15) is 11.3 Å². The quantitative estimate of drug-likeness (QED) is 0.192. The normalized spacial score (nSPS) is 11.9. The molecule has 35 heavy (non-hydrogen) atoms. The van der Waals surface area contributed by atoms with Gasteiger partial charge in [0.25, 0.3) is 0 Å². The van der Waals surface area contributed by atoms with Crippen LogP contribution in [0.3, 0.4) is 0 Å². The molecule has 1 heterocycles. The number of aliphatic imine (C=N–C) groups is 1. The molecule has 0 saturated carbocycles. The van der Waals surface area contributed by atoms with Crippen molar-refractivity contribution >= 4 is 33.5 Å². The van der Waals surface area contributed by atoms with Crippen LogP contribution < -0.4 is 0 Å². The molecule has 0 unspecified atom stereocenters. The highest BCUT2D eigenvalue weighted by atomic mass is 16.3. The first-order valence-electron chi connectivity index (χ1n) is 11.5. The second-order valence-corrected chi connectivity index (χ2v) is 8.46. The van der Waals surface area contributed by atoms with Crippen LogP contribution in [-0.2, 0) is 0 Å². The van der Waals surface area contributed by atoms with Crippen LogP contribution in [0.4, 0.5) is 0 Å². The summed E-state index contributed by atoms with van der Waals surface area (Å²) in [6.07, 6.45) is 5.52. The summed E-state index contributed by atoms with van der Waals surface area (Å²) in [4.78, 5) is 5.00. The fourth-order valence-corrected chi connectivity index (χ4v) is 4.02. The third kappa shape index (κ3) is 4.92. The Kier molecular flexibility index (Phi) is 6.93. The molecule has 0 N–H and O–H groups in total. The van der Waals surface area contributed by atoms with Gasteiger partial charge < -0.3 is 4.42 Å². The first-order valence-corrected chi connectivity index (χ1v) is 11.5. The molecule has 4 aromatic rings. The van der Waals surface area contributed by atoms with Crippen LogP contribution in [0.2, 0.25) is 0 Å². The Hall–Kier alpha value is -4.43. The fraction of sp³-hybridized carbons (Fsp3) is 0.0606. The smallest absolute Gasteiger partial charge is 0.157 e. The highest BCUT2D eigenvalue weighted by Gasteiger charge is 2.18. The van der Waals surface area contributed by atoms with Gasteiger partial charge in [-0.2, -0.15) is 0 Å². The Balaban J connectivity index is 1.80. The number of allylic oxidation sites excluding steroid dienone is 5. The van der Waals surface area contributed by atoms with Gasteiger partial charge in [0, 0.05) is 16.5 Å². The molecule has 1 aromatic heterocycles. The molecule has 4 rings (SSSR count). The van der Waals surface area contributed by atoms with Gasteiger partial charge in [-0.1, -0.05) is 117 Å². The number of benzene rings is 3. The van der Waals surface area contributed by atoms with Crippen molar-refractivity contribution in [1.29, 1.82) is 0 Å². The van der Waals surface area contributed by atoms with Crippen LogP contribution in [0.5, 0.6) is 0 Å². The van der Waals surface area contributed by atoms with Gasteiger partial charge >= 0.3 is 0 Å². The van der Waals surface area contributed by atoms with E-state index in [0.29, 0.717) is 5.70 Å². The lowest BCUT2D eigenvalue weighted by molar-refractivity contribution is 0.602. The molecule has 0 spiro atoms. The Morgan fingerprint density at radius 1 is 0.800 bits per heavy atom. The standard InChI is InChI=1S/C33H29NO/c1-7-11-25(8-2)28-18-16-27(17-19-28)24(6)34-32(29-20-14-26(15-21-29)22(3)4)33-23(5)30-12-9-10-13-31(30)35-33/h7-21H,1-3,6H2,4-5H3/b25-11+,34-32?. The maximum atomic E-state index is 6.30. The number of aryl methyl sites for hydroxylation is 1. The van der Waals surface area contributed by atoms with Crippen molar-refractivity contribution in [2.75, 3.05) is 0 Å². The largest absolute Gasteiger partial charge is 0.454 e. The summed E-state index contributed by atoms with van der Waals surface area (Å²) >= 11 is 0. The van der Waals surface area contributed by atoms with Crippen molar-refractivity contribution < 1.29 is 4.42 Å². The molecule has 0 amide bonds.